The van der Waals surface area contributed by atoms with Crippen LogP contribution < -0.4 is 0 Å². The Morgan fingerprint density at radius 1 is 1.08 bits per heavy atom. The highest BCUT2D eigenvalue weighted by atomic mass is 32.2. The smallest absolute Gasteiger partial charge is 0.243 e. The standard InChI is InChI=1S/C20H23NO4S/c22-13-16-12-17(26(23,24)21-9-1-2-10-21)6-7-18(16)20-5-3-4-15-14-25-11-8-19(15)20/h3-7,12,22H,1-2,8-11,13-14H2. The predicted octanol–water partition coefficient (Wildman–Crippen LogP) is 2.70. The molecule has 2 aliphatic rings. The van der Waals surface area contributed by atoms with Gasteiger partial charge in [-0.05, 0) is 59.2 Å². The molecule has 26 heavy (non-hydrogen) atoms. The van der Waals surface area contributed by atoms with Crippen molar-refractivity contribution in [2.45, 2.75) is 37.4 Å². The van der Waals surface area contributed by atoms with Gasteiger partial charge in [0.25, 0.3) is 0 Å². The number of aliphatic hydroxyl groups excluding tert-OH is 1. The van der Waals surface area contributed by atoms with Crippen molar-refractivity contribution in [1.29, 1.82) is 0 Å². The normalized spacial score (nSPS) is 18.0. The van der Waals surface area contributed by atoms with Crippen molar-refractivity contribution >= 4 is 10.0 Å². The minimum atomic E-state index is -3.49. The minimum absolute atomic E-state index is 0.196. The summed E-state index contributed by atoms with van der Waals surface area (Å²) in [5.74, 6) is 0. The first-order valence-corrected chi connectivity index (χ1v) is 10.5. The molecule has 2 aromatic rings. The van der Waals surface area contributed by atoms with Crippen LogP contribution in [0.25, 0.3) is 11.1 Å². The molecule has 0 atom stereocenters. The molecule has 2 aliphatic heterocycles. The van der Waals surface area contributed by atoms with Gasteiger partial charge in [0.1, 0.15) is 0 Å². The van der Waals surface area contributed by atoms with Gasteiger partial charge >= 0.3 is 0 Å². The van der Waals surface area contributed by atoms with Gasteiger partial charge in [-0.15, -0.1) is 0 Å². The summed E-state index contributed by atoms with van der Waals surface area (Å²) in [6, 6.07) is 11.2. The first kappa shape index (κ1) is 17.7. The highest BCUT2D eigenvalue weighted by molar-refractivity contribution is 7.89. The summed E-state index contributed by atoms with van der Waals surface area (Å²) < 4.78 is 32.7. The van der Waals surface area contributed by atoms with E-state index in [9.17, 15) is 13.5 Å². The molecule has 2 heterocycles. The van der Waals surface area contributed by atoms with Crippen LogP contribution in [0.2, 0.25) is 0 Å². The zero-order valence-corrected chi connectivity index (χ0v) is 15.5. The number of fused-ring (bicyclic) bond motifs is 1. The number of sulfonamides is 1. The van der Waals surface area contributed by atoms with E-state index < -0.39 is 10.0 Å². The Morgan fingerprint density at radius 2 is 1.88 bits per heavy atom. The third-order valence-corrected chi connectivity index (χ3v) is 7.16. The number of hydrogen-bond acceptors (Lipinski definition) is 4. The van der Waals surface area contributed by atoms with Crippen LogP contribution in [0, 0.1) is 0 Å². The van der Waals surface area contributed by atoms with E-state index in [1.54, 1.807) is 12.1 Å². The molecule has 0 aliphatic carbocycles. The second kappa shape index (κ2) is 7.12. The average Bonchev–Trinajstić information content (AvgIpc) is 3.23. The van der Waals surface area contributed by atoms with E-state index in [1.165, 1.54) is 9.87 Å². The van der Waals surface area contributed by atoms with E-state index in [4.69, 9.17) is 4.74 Å². The molecule has 0 unspecified atom stereocenters. The maximum atomic E-state index is 12.8. The fourth-order valence-electron chi connectivity index (χ4n) is 3.88. The Balaban J connectivity index is 1.78. The number of nitrogens with zero attached hydrogens (tertiary/aromatic N) is 1. The Hall–Kier alpha value is -1.73. The van der Waals surface area contributed by atoms with E-state index >= 15 is 0 Å². The van der Waals surface area contributed by atoms with Crippen molar-refractivity contribution in [3.63, 3.8) is 0 Å². The van der Waals surface area contributed by atoms with Crippen LogP contribution in [0.15, 0.2) is 41.3 Å². The van der Waals surface area contributed by atoms with E-state index in [0.29, 0.717) is 31.9 Å². The molecular weight excluding hydrogens is 350 g/mol. The summed E-state index contributed by atoms with van der Waals surface area (Å²) in [5.41, 5.74) is 4.98. The fourth-order valence-corrected chi connectivity index (χ4v) is 5.44. The highest BCUT2D eigenvalue weighted by Crippen LogP contribution is 2.34. The molecule has 0 saturated carbocycles. The SMILES string of the molecule is O=S(=O)(c1ccc(-c2cccc3c2CCOC3)c(CO)c1)N1CCCC1. The number of aliphatic hydroxyl groups is 1. The fraction of sp³-hybridized carbons (Fsp3) is 0.400. The molecule has 6 heteroatoms. The number of benzene rings is 2. The molecule has 0 bridgehead atoms. The lowest BCUT2D eigenvalue weighted by Gasteiger charge is -2.22. The summed E-state index contributed by atoms with van der Waals surface area (Å²) in [5, 5.41) is 9.91. The van der Waals surface area contributed by atoms with Gasteiger partial charge in [-0.25, -0.2) is 8.42 Å². The van der Waals surface area contributed by atoms with Crippen molar-refractivity contribution in [1.82, 2.24) is 4.31 Å². The number of hydrogen-bond donors (Lipinski definition) is 1. The molecule has 0 spiro atoms. The number of rotatable bonds is 4. The van der Waals surface area contributed by atoms with E-state index in [-0.39, 0.29) is 11.5 Å². The van der Waals surface area contributed by atoms with Gasteiger partial charge < -0.3 is 9.84 Å². The molecule has 1 N–H and O–H groups in total. The molecular formula is C20H23NO4S. The highest BCUT2D eigenvalue weighted by Gasteiger charge is 2.28. The monoisotopic (exact) mass is 373 g/mol. The quantitative estimate of drug-likeness (QED) is 0.895. The molecule has 2 aromatic carbocycles. The molecule has 4 rings (SSSR count). The van der Waals surface area contributed by atoms with Crippen molar-refractivity contribution in [3.8, 4) is 11.1 Å². The van der Waals surface area contributed by atoms with Crippen LogP contribution in [0.3, 0.4) is 0 Å². The third kappa shape index (κ3) is 3.07. The lowest BCUT2D eigenvalue weighted by atomic mass is 9.90. The van der Waals surface area contributed by atoms with Gasteiger partial charge in [-0.1, -0.05) is 24.3 Å². The van der Waals surface area contributed by atoms with Gasteiger partial charge in [0.05, 0.1) is 24.7 Å². The Kier molecular flexibility index (Phi) is 4.84. The van der Waals surface area contributed by atoms with E-state index in [0.717, 1.165) is 36.0 Å². The van der Waals surface area contributed by atoms with Gasteiger partial charge in [0.2, 0.25) is 10.0 Å². The molecule has 1 saturated heterocycles. The van der Waals surface area contributed by atoms with Crippen LogP contribution in [-0.4, -0.2) is 37.5 Å². The van der Waals surface area contributed by atoms with Crippen LogP contribution in [0.1, 0.15) is 29.5 Å². The Labute approximate surface area is 154 Å². The Morgan fingerprint density at radius 3 is 2.65 bits per heavy atom. The maximum Gasteiger partial charge on any atom is 0.243 e. The van der Waals surface area contributed by atoms with Crippen molar-refractivity contribution in [3.05, 3.63) is 53.1 Å². The zero-order valence-electron chi connectivity index (χ0n) is 14.6. The largest absolute Gasteiger partial charge is 0.392 e. The van der Waals surface area contributed by atoms with E-state index in [1.807, 2.05) is 18.2 Å². The molecule has 0 amide bonds. The number of ether oxygens (including phenoxy) is 1. The minimum Gasteiger partial charge on any atom is -0.392 e. The second-order valence-electron chi connectivity index (χ2n) is 6.83. The van der Waals surface area contributed by atoms with Crippen LogP contribution >= 0.6 is 0 Å². The Bertz CT molecular complexity index is 917. The van der Waals surface area contributed by atoms with Gasteiger partial charge in [0.15, 0.2) is 0 Å². The first-order valence-electron chi connectivity index (χ1n) is 9.04. The molecule has 0 radical (unpaired) electrons. The summed E-state index contributed by atoms with van der Waals surface area (Å²) in [6.07, 6.45) is 2.63. The molecule has 138 valence electrons. The average molecular weight is 373 g/mol. The maximum absolute atomic E-state index is 12.8. The second-order valence-corrected chi connectivity index (χ2v) is 8.77. The topological polar surface area (TPSA) is 66.8 Å². The van der Waals surface area contributed by atoms with Crippen molar-refractivity contribution in [2.75, 3.05) is 19.7 Å². The predicted molar refractivity (Wildman–Crippen MR) is 99.2 cm³/mol. The van der Waals surface area contributed by atoms with Gasteiger partial charge in [0, 0.05) is 13.1 Å². The lowest BCUT2D eigenvalue weighted by Crippen LogP contribution is -2.28. The lowest BCUT2D eigenvalue weighted by molar-refractivity contribution is 0.111. The van der Waals surface area contributed by atoms with Crippen LogP contribution in [0.4, 0.5) is 0 Å². The zero-order chi connectivity index (χ0) is 18.1. The third-order valence-electron chi connectivity index (χ3n) is 5.27. The summed E-state index contributed by atoms with van der Waals surface area (Å²) in [6.45, 7) is 2.23. The van der Waals surface area contributed by atoms with E-state index in [2.05, 4.69) is 6.07 Å². The summed E-state index contributed by atoms with van der Waals surface area (Å²) in [4.78, 5) is 0.264. The van der Waals surface area contributed by atoms with Crippen LogP contribution in [-0.2, 0) is 34.4 Å². The first-order chi connectivity index (χ1) is 12.6. The van der Waals surface area contributed by atoms with Crippen molar-refractivity contribution in [2.24, 2.45) is 0 Å². The molecule has 5 nitrogen and oxygen atoms in total. The summed E-state index contributed by atoms with van der Waals surface area (Å²) in [7, 11) is -3.49. The molecule has 1 fully saturated rings. The van der Waals surface area contributed by atoms with Gasteiger partial charge in [-0.2, -0.15) is 4.31 Å². The van der Waals surface area contributed by atoms with Crippen molar-refractivity contribution < 1.29 is 18.3 Å². The molecule has 0 aromatic heterocycles. The van der Waals surface area contributed by atoms with Gasteiger partial charge in [-0.3, -0.25) is 0 Å². The summed E-state index contributed by atoms with van der Waals surface area (Å²) >= 11 is 0. The van der Waals surface area contributed by atoms with Crippen LogP contribution in [0.5, 0.6) is 0 Å².